The zero-order valence-electron chi connectivity index (χ0n) is 12.6. The molecule has 0 saturated carbocycles. The highest BCUT2D eigenvalue weighted by Crippen LogP contribution is 2.24. The van der Waals surface area contributed by atoms with Crippen molar-refractivity contribution in [3.8, 4) is 0 Å². The molecule has 0 saturated heterocycles. The molecule has 106 valence electrons. The number of hydrogen-bond donors (Lipinski definition) is 1. The van der Waals surface area contributed by atoms with E-state index in [1.54, 1.807) is 0 Å². The van der Waals surface area contributed by atoms with Gasteiger partial charge in [-0.05, 0) is 38.0 Å². The number of aromatic nitrogens is 2. The quantitative estimate of drug-likeness (QED) is 0.902. The van der Waals surface area contributed by atoms with Crippen molar-refractivity contribution < 1.29 is 0 Å². The molecule has 0 radical (unpaired) electrons. The molecular formula is C16H22N4. The molecule has 0 aliphatic rings. The highest BCUT2D eigenvalue weighted by Gasteiger charge is 2.08. The van der Waals surface area contributed by atoms with Crippen molar-refractivity contribution in [1.82, 2.24) is 9.97 Å². The topological polar surface area (TPSA) is 41.0 Å². The van der Waals surface area contributed by atoms with Crippen LogP contribution in [0, 0.1) is 6.92 Å². The number of aryl methyl sites for hydroxylation is 2. The van der Waals surface area contributed by atoms with E-state index >= 15 is 0 Å². The lowest BCUT2D eigenvalue weighted by molar-refractivity contribution is 1.00. The number of anilines is 3. The summed E-state index contributed by atoms with van der Waals surface area (Å²) in [5.74, 6) is 2.54. The van der Waals surface area contributed by atoms with Crippen LogP contribution in [0.1, 0.15) is 25.2 Å². The summed E-state index contributed by atoms with van der Waals surface area (Å²) in [5.41, 5.74) is 2.47. The van der Waals surface area contributed by atoms with E-state index in [1.165, 1.54) is 5.56 Å². The largest absolute Gasteiger partial charge is 0.370 e. The molecule has 0 aliphatic carbocycles. The third kappa shape index (κ3) is 3.26. The molecule has 0 fully saturated rings. The number of benzene rings is 1. The van der Waals surface area contributed by atoms with E-state index in [1.807, 2.05) is 20.0 Å². The molecule has 0 bridgehead atoms. The Hall–Kier alpha value is -2.10. The first-order chi connectivity index (χ1) is 9.63. The Morgan fingerprint density at radius 1 is 1.10 bits per heavy atom. The molecule has 1 N–H and O–H groups in total. The number of nitrogens with one attached hydrogen (secondary N) is 1. The summed E-state index contributed by atoms with van der Waals surface area (Å²) in [6.07, 6.45) is 1.06. The van der Waals surface area contributed by atoms with Crippen LogP contribution < -0.4 is 10.2 Å². The lowest BCUT2D eigenvalue weighted by Gasteiger charge is -2.19. The summed E-state index contributed by atoms with van der Waals surface area (Å²) in [6.45, 7) is 6.99. The minimum absolute atomic E-state index is 0.774. The van der Waals surface area contributed by atoms with E-state index in [0.717, 1.165) is 36.1 Å². The highest BCUT2D eigenvalue weighted by molar-refractivity contribution is 5.62. The molecule has 1 aromatic heterocycles. The van der Waals surface area contributed by atoms with Gasteiger partial charge in [-0.1, -0.05) is 19.1 Å². The summed E-state index contributed by atoms with van der Waals surface area (Å²) < 4.78 is 0. The first kappa shape index (κ1) is 14.3. The molecule has 2 aromatic rings. The third-order valence-corrected chi connectivity index (χ3v) is 3.26. The molecule has 0 atom stereocenters. The Labute approximate surface area is 120 Å². The molecule has 1 aromatic carbocycles. The van der Waals surface area contributed by atoms with Gasteiger partial charge >= 0.3 is 0 Å². The van der Waals surface area contributed by atoms with Crippen molar-refractivity contribution in [3.63, 3.8) is 0 Å². The van der Waals surface area contributed by atoms with Gasteiger partial charge in [0.1, 0.15) is 17.5 Å². The highest BCUT2D eigenvalue weighted by atomic mass is 15.2. The summed E-state index contributed by atoms with van der Waals surface area (Å²) >= 11 is 0. The number of hydrogen-bond acceptors (Lipinski definition) is 4. The van der Waals surface area contributed by atoms with Gasteiger partial charge in [0, 0.05) is 25.3 Å². The van der Waals surface area contributed by atoms with Gasteiger partial charge in [0.15, 0.2) is 0 Å². The van der Waals surface area contributed by atoms with Crippen LogP contribution in [0.4, 0.5) is 17.3 Å². The van der Waals surface area contributed by atoms with Crippen molar-refractivity contribution in [3.05, 3.63) is 41.7 Å². The minimum Gasteiger partial charge on any atom is -0.370 e. The summed E-state index contributed by atoms with van der Waals surface area (Å²) in [5, 5.41) is 3.24. The third-order valence-electron chi connectivity index (χ3n) is 3.26. The second-order valence-electron chi connectivity index (χ2n) is 4.77. The molecule has 0 spiro atoms. The van der Waals surface area contributed by atoms with Crippen molar-refractivity contribution in [2.75, 3.05) is 23.8 Å². The lowest BCUT2D eigenvalue weighted by Crippen LogP contribution is -2.13. The van der Waals surface area contributed by atoms with Crippen LogP contribution in [-0.4, -0.2) is 23.6 Å². The SMILES string of the molecule is CCNc1cc(N(C)c2ccc(CC)cc2)nc(C)n1. The molecule has 4 heteroatoms. The van der Waals surface area contributed by atoms with Gasteiger partial charge in [0.2, 0.25) is 0 Å². The Balaban J connectivity index is 2.29. The molecule has 0 aliphatic heterocycles. The van der Waals surface area contributed by atoms with Crippen LogP contribution in [-0.2, 0) is 6.42 Å². The predicted molar refractivity (Wildman–Crippen MR) is 84.8 cm³/mol. The summed E-state index contributed by atoms with van der Waals surface area (Å²) in [4.78, 5) is 11.0. The fraction of sp³-hybridized carbons (Fsp3) is 0.375. The molecule has 0 amide bonds. The Kier molecular flexibility index (Phi) is 4.56. The average molecular weight is 270 g/mol. The van der Waals surface area contributed by atoms with Crippen LogP contribution in [0.25, 0.3) is 0 Å². The molecule has 2 rings (SSSR count). The standard InChI is InChI=1S/C16H22N4/c1-5-13-7-9-14(10-8-13)20(4)16-11-15(17-6-2)18-12(3)19-16/h7-11H,5-6H2,1-4H3,(H,17,18,19). The van der Waals surface area contributed by atoms with Gasteiger partial charge in [-0.2, -0.15) is 0 Å². The smallest absolute Gasteiger partial charge is 0.138 e. The van der Waals surface area contributed by atoms with Gasteiger partial charge in [-0.3, -0.25) is 0 Å². The molecular weight excluding hydrogens is 248 g/mol. The maximum Gasteiger partial charge on any atom is 0.138 e. The van der Waals surface area contributed by atoms with E-state index in [9.17, 15) is 0 Å². The second kappa shape index (κ2) is 6.37. The minimum atomic E-state index is 0.774. The molecule has 1 heterocycles. The first-order valence-corrected chi connectivity index (χ1v) is 7.06. The van der Waals surface area contributed by atoms with E-state index in [4.69, 9.17) is 0 Å². The molecule has 4 nitrogen and oxygen atoms in total. The Morgan fingerprint density at radius 2 is 1.80 bits per heavy atom. The van der Waals surface area contributed by atoms with Crippen molar-refractivity contribution in [1.29, 1.82) is 0 Å². The van der Waals surface area contributed by atoms with Crippen molar-refractivity contribution >= 4 is 17.3 Å². The predicted octanol–water partition coefficient (Wildman–Crippen LogP) is 3.55. The van der Waals surface area contributed by atoms with Crippen LogP contribution in [0.5, 0.6) is 0 Å². The first-order valence-electron chi connectivity index (χ1n) is 7.06. The Morgan fingerprint density at radius 3 is 2.40 bits per heavy atom. The fourth-order valence-electron chi connectivity index (χ4n) is 2.08. The van der Waals surface area contributed by atoms with E-state index < -0.39 is 0 Å². The van der Waals surface area contributed by atoms with E-state index in [-0.39, 0.29) is 0 Å². The van der Waals surface area contributed by atoms with Crippen LogP contribution in [0.2, 0.25) is 0 Å². The number of rotatable bonds is 5. The maximum absolute atomic E-state index is 4.51. The van der Waals surface area contributed by atoms with Gasteiger partial charge in [0.05, 0.1) is 0 Å². The van der Waals surface area contributed by atoms with Gasteiger partial charge < -0.3 is 10.2 Å². The van der Waals surface area contributed by atoms with E-state index in [0.29, 0.717) is 0 Å². The zero-order chi connectivity index (χ0) is 14.5. The second-order valence-corrected chi connectivity index (χ2v) is 4.77. The summed E-state index contributed by atoms with van der Waals surface area (Å²) in [7, 11) is 2.03. The fourth-order valence-corrected chi connectivity index (χ4v) is 2.08. The van der Waals surface area contributed by atoms with Crippen LogP contribution in [0.15, 0.2) is 30.3 Å². The normalized spacial score (nSPS) is 10.4. The lowest BCUT2D eigenvalue weighted by atomic mass is 10.1. The van der Waals surface area contributed by atoms with E-state index in [2.05, 4.69) is 58.3 Å². The molecule has 20 heavy (non-hydrogen) atoms. The van der Waals surface area contributed by atoms with Crippen LogP contribution >= 0.6 is 0 Å². The van der Waals surface area contributed by atoms with Gasteiger partial charge in [-0.15, -0.1) is 0 Å². The number of nitrogens with zero attached hydrogens (tertiary/aromatic N) is 3. The van der Waals surface area contributed by atoms with Crippen molar-refractivity contribution in [2.45, 2.75) is 27.2 Å². The average Bonchev–Trinajstić information content (AvgIpc) is 2.46. The monoisotopic (exact) mass is 270 g/mol. The Bertz CT molecular complexity index is 563. The van der Waals surface area contributed by atoms with Crippen LogP contribution in [0.3, 0.4) is 0 Å². The van der Waals surface area contributed by atoms with Crippen molar-refractivity contribution in [2.24, 2.45) is 0 Å². The molecule has 0 unspecified atom stereocenters. The summed E-state index contributed by atoms with van der Waals surface area (Å²) in [6, 6.07) is 10.5. The van der Waals surface area contributed by atoms with Gasteiger partial charge in [-0.25, -0.2) is 9.97 Å². The zero-order valence-corrected chi connectivity index (χ0v) is 12.6. The maximum atomic E-state index is 4.51. The van der Waals surface area contributed by atoms with Gasteiger partial charge in [0.25, 0.3) is 0 Å².